The molecule has 0 aliphatic carbocycles. The quantitative estimate of drug-likeness (QED) is 0.186. The zero-order valence-corrected chi connectivity index (χ0v) is 22.9. The first-order valence-electron chi connectivity index (χ1n) is 11.5. The average Bonchev–Trinajstić information content (AvgIpc) is 3.49. The van der Waals surface area contributed by atoms with Crippen LogP contribution in [-0.4, -0.2) is 26.4 Å². The molecule has 0 spiro atoms. The van der Waals surface area contributed by atoms with E-state index in [0.29, 0.717) is 29.3 Å². The number of carbonyl (C=O) groups excluding carboxylic acids is 1. The summed E-state index contributed by atoms with van der Waals surface area (Å²) in [6.07, 6.45) is 1.50. The van der Waals surface area contributed by atoms with E-state index in [4.69, 9.17) is 15.2 Å². The number of rotatable bonds is 8. The molecule has 3 heterocycles. The second kappa shape index (κ2) is 9.93. The van der Waals surface area contributed by atoms with Crippen LogP contribution < -0.4 is 28.9 Å². The Hall–Kier alpha value is -2.79. The molecule has 0 bridgehead atoms. The van der Waals surface area contributed by atoms with Gasteiger partial charge < -0.3 is 0 Å². The SMILES string of the molecule is CCOC(=O)c1cnc(N)c2c(C[I-]3(c4cc(C)cc(OCc5cc(F)cc(F)c5)c4)CC3)csc12. The standard InChI is InChI=1S/C27H26F2IN2O3S/c1-3-34-27(33)23-13-32-26(31)24-18(15-36-25(23)24)12-30(4-5-30)21-6-16(2)7-22(11-21)35-14-17-8-19(28)10-20(29)9-17/h6-11,13,15H,3-5,12,14H2,1-2H3,(H2,31,32)/q-1. The molecule has 0 unspecified atom stereocenters. The number of fused-ring (bicyclic) bond motifs is 1. The first-order valence-corrected chi connectivity index (χ1v) is 18.0. The molecule has 2 aromatic carbocycles. The van der Waals surface area contributed by atoms with Gasteiger partial charge in [0, 0.05) is 0 Å². The van der Waals surface area contributed by atoms with Gasteiger partial charge in [0.15, 0.2) is 0 Å². The van der Waals surface area contributed by atoms with Crippen LogP contribution >= 0.6 is 11.3 Å². The molecule has 0 saturated carbocycles. The number of esters is 1. The molecule has 1 fully saturated rings. The fraction of sp³-hybridized carbons (Fsp3) is 0.259. The molecule has 190 valence electrons. The molecule has 2 N–H and O–H groups in total. The molecular weight excluding hydrogens is 597 g/mol. The molecule has 5 nitrogen and oxygen atoms in total. The molecule has 1 saturated heterocycles. The summed E-state index contributed by atoms with van der Waals surface area (Å²) < 4.78 is 43.7. The number of nitrogens with two attached hydrogens (primary N) is 1. The van der Waals surface area contributed by atoms with Crippen LogP contribution in [0.25, 0.3) is 10.1 Å². The number of pyridine rings is 1. The number of aryl methyl sites for hydroxylation is 1. The Labute approximate surface area is 216 Å². The molecule has 0 amide bonds. The van der Waals surface area contributed by atoms with Gasteiger partial charge in [-0.1, -0.05) is 0 Å². The number of alkyl halides is 3. The van der Waals surface area contributed by atoms with E-state index >= 15 is 0 Å². The Bertz CT molecular complexity index is 1450. The van der Waals surface area contributed by atoms with Crippen molar-refractivity contribution in [2.24, 2.45) is 0 Å². The van der Waals surface area contributed by atoms with E-state index in [0.717, 1.165) is 31.7 Å². The molecular formula is C27H26F2IN2O3S-. The number of aromatic nitrogens is 1. The van der Waals surface area contributed by atoms with Crippen molar-refractivity contribution in [3.63, 3.8) is 0 Å². The average molecular weight is 623 g/mol. The predicted octanol–water partition coefficient (Wildman–Crippen LogP) is 2.76. The fourth-order valence-electron chi connectivity index (χ4n) is 4.25. The molecule has 0 atom stereocenters. The van der Waals surface area contributed by atoms with Crippen molar-refractivity contribution in [2.75, 3.05) is 21.2 Å². The minimum atomic E-state index is -2.33. The van der Waals surface area contributed by atoms with Crippen molar-refractivity contribution in [3.05, 3.63) is 85.4 Å². The number of ether oxygens (including phenoxy) is 2. The van der Waals surface area contributed by atoms with Crippen LogP contribution in [0.3, 0.4) is 0 Å². The van der Waals surface area contributed by atoms with Crippen LogP contribution in [0.1, 0.15) is 34.0 Å². The number of hydrogen-bond donors (Lipinski definition) is 1. The van der Waals surface area contributed by atoms with Gasteiger partial charge in [0.2, 0.25) is 0 Å². The first-order chi connectivity index (χ1) is 17.3. The van der Waals surface area contributed by atoms with Gasteiger partial charge in [-0.15, -0.1) is 0 Å². The summed E-state index contributed by atoms with van der Waals surface area (Å²) >= 11 is -0.822. The summed E-state index contributed by atoms with van der Waals surface area (Å²) in [4.78, 5) is 16.7. The van der Waals surface area contributed by atoms with Gasteiger partial charge in [0.25, 0.3) is 0 Å². The maximum absolute atomic E-state index is 13.5. The van der Waals surface area contributed by atoms with Crippen molar-refractivity contribution in [3.8, 4) is 5.75 Å². The number of benzene rings is 2. The van der Waals surface area contributed by atoms with Gasteiger partial charge in [-0.25, -0.2) is 0 Å². The second-order valence-electron chi connectivity index (χ2n) is 8.75. The van der Waals surface area contributed by atoms with E-state index in [9.17, 15) is 13.6 Å². The van der Waals surface area contributed by atoms with Gasteiger partial charge >= 0.3 is 217 Å². The number of nitrogen functional groups attached to an aromatic ring is 1. The number of nitrogens with zero attached hydrogens (tertiary/aromatic N) is 1. The molecule has 2 aromatic heterocycles. The summed E-state index contributed by atoms with van der Waals surface area (Å²) in [5.41, 5.74) is 9.40. The Morgan fingerprint density at radius 2 is 1.89 bits per heavy atom. The molecule has 36 heavy (non-hydrogen) atoms. The van der Waals surface area contributed by atoms with E-state index in [2.05, 4.69) is 22.5 Å². The third-order valence-electron chi connectivity index (χ3n) is 6.05. The van der Waals surface area contributed by atoms with Crippen LogP contribution in [0, 0.1) is 22.1 Å². The van der Waals surface area contributed by atoms with Crippen molar-refractivity contribution < 1.29 is 41.5 Å². The van der Waals surface area contributed by atoms with E-state index in [-0.39, 0.29) is 12.6 Å². The maximum atomic E-state index is 13.5. The first kappa shape index (κ1) is 24.9. The van der Waals surface area contributed by atoms with Crippen molar-refractivity contribution in [1.29, 1.82) is 0 Å². The Morgan fingerprint density at radius 1 is 1.14 bits per heavy atom. The van der Waals surface area contributed by atoms with Gasteiger partial charge in [-0.05, 0) is 0 Å². The number of carbonyl (C=O) groups is 1. The van der Waals surface area contributed by atoms with E-state index in [1.807, 2.05) is 13.0 Å². The Morgan fingerprint density at radius 3 is 2.58 bits per heavy atom. The van der Waals surface area contributed by atoms with Crippen molar-refractivity contribution in [1.82, 2.24) is 4.98 Å². The number of thiophene rings is 1. The van der Waals surface area contributed by atoms with E-state index < -0.39 is 30.1 Å². The third kappa shape index (κ3) is 5.04. The van der Waals surface area contributed by atoms with E-state index in [1.165, 1.54) is 42.1 Å². The van der Waals surface area contributed by atoms with Crippen LogP contribution in [0.5, 0.6) is 5.75 Å². The number of halogens is 3. The summed E-state index contributed by atoms with van der Waals surface area (Å²) in [7, 11) is 0. The summed E-state index contributed by atoms with van der Waals surface area (Å²) in [6.45, 7) is 4.19. The summed E-state index contributed by atoms with van der Waals surface area (Å²) in [5, 5.41) is 2.96. The second-order valence-corrected chi connectivity index (χ2v) is 19.3. The Kier molecular flexibility index (Phi) is 6.86. The van der Waals surface area contributed by atoms with Crippen LogP contribution in [0.15, 0.2) is 48.0 Å². The third-order valence-corrected chi connectivity index (χ3v) is 16.3. The van der Waals surface area contributed by atoms with E-state index in [1.54, 1.807) is 6.92 Å². The molecule has 4 aromatic rings. The van der Waals surface area contributed by atoms with Crippen molar-refractivity contribution >= 4 is 33.2 Å². The van der Waals surface area contributed by atoms with Gasteiger partial charge in [0.1, 0.15) is 0 Å². The topological polar surface area (TPSA) is 74.4 Å². The molecule has 5 rings (SSSR count). The normalized spacial score (nSPS) is 15.0. The monoisotopic (exact) mass is 623 g/mol. The summed E-state index contributed by atoms with van der Waals surface area (Å²) in [6, 6.07) is 9.69. The van der Waals surface area contributed by atoms with Crippen molar-refractivity contribution in [2.45, 2.75) is 24.9 Å². The number of hydrogen-bond acceptors (Lipinski definition) is 6. The van der Waals surface area contributed by atoms with Crippen LogP contribution in [0.4, 0.5) is 14.6 Å². The molecule has 0 radical (unpaired) electrons. The molecule has 1 aliphatic heterocycles. The zero-order valence-electron chi connectivity index (χ0n) is 19.9. The number of anilines is 1. The van der Waals surface area contributed by atoms with Gasteiger partial charge in [-0.2, -0.15) is 0 Å². The molecule has 1 aliphatic rings. The predicted molar refractivity (Wildman–Crippen MR) is 134 cm³/mol. The zero-order chi connectivity index (χ0) is 25.4. The van der Waals surface area contributed by atoms with Crippen LogP contribution in [-0.2, 0) is 15.8 Å². The van der Waals surface area contributed by atoms with Gasteiger partial charge in [-0.3, -0.25) is 0 Å². The molecule has 9 heteroatoms. The van der Waals surface area contributed by atoms with Crippen LogP contribution in [0.2, 0.25) is 0 Å². The Balaban J connectivity index is 1.42. The summed E-state index contributed by atoms with van der Waals surface area (Å²) in [5.74, 6) is -0.489. The van der Waals surface area contributed by atoms with Gasteiger partial charge in [0.05, 0.1) is 0 Å². The minimum absolute atomic E-state index is 0.0880. The fourth-order valence-corrected chi connectivity index (χ4v) is 16.2.